The van der Waals surface area contributed by atoms with Crippen molar-refractivity contribution in [2.24, 2.45) is 0 Å². The van der Waals surface area contributed by atoms with Gasteiger partial charge >= 0.3 is 0 Å². The molecule has 1 aliphatic rings. The van der Waals surface area contributed by atoms with Gasteiger partial charge in [0.15, 0.2) is 0 Å². The molecular weight excluding hydrogens is 162 g/mol. The van der Waals surface area contributed by atoms with Gasteiger partial charge in [-0.05, 0) is 18.1 Å². The van der Waals surface area contributed by atoms with Crippen LogP contribution in [-0.2, 0) is 0 Å². The van der Waals surface area contributed by atoms with Gasteiger partial charge in [0, 0.05) is 0 Å². The molecule has 68 valence electrons. The van der Waals surface area contributed by atoms with Crippen LogP contribution in [0.5, 0.6) is 0 Å². The van der Waals surface area contributed by atoms with E-state index in [9.17, 15) is 5.21 Å². The van der Waals surface area contributed by atoms with Gasteiger partial charge in [0.25, 0.3) is 0 Å². The van der Waals surface area contributed by atoms with Crippen molar-refractivity contribution in [1.82, 2.24) is 0 Å². The summed E-state index contributed by atoms with van der Waals surface area (Å²) in [6, 6.07) is 7.97. The van der Waals surface area contributed by atoms with Gasteiger partial charge in [0.05, 0.1) is 11.7 Å². The molecule has 0 radical (unpaired) electrons. The lowest BCUT2D eigenvalue weighted by atomic mass is 10.0. The fraction of sp³-hybridized carbons (Fsp3) is 0.273. The summed E-state index contributed by atoms with van der Waals surface area (Å²) in [4.78, 5) is 0. The van der Waals surface area contributed by atoms with Gasteiger partial charge < -0.3 is 0 Å². The van der Waals surface area contributed by atoms with Gasteiger partial charge in [-0.3, -0.25) is 5.21 Å². The molecule has 1 aliphatic heterocycles. The van der Waals surface area contributed by atoms with Crippen LogP contribution < -0.4 is 5.06 Å². The number of hydrogen-bond donors (Lipinski definition) is 1. The minimum Gasteiger partial charge on any atom is -0.288 e. The van der Waals surface area contributed by atoms with E-state index in [0.29, 0.717) is 0 Å². The zero-order chi connectivity index (χ0) is 9.26. The third-order valence-electron chi connectivity index (χ3n) is 2.41. The van der Waals surface area contributed by atoms with Gasteiger partial charge in [0.1, 0.15) is 0 Å². The Bertz CT molecular complexity index is 333. The zero-order valence-corrected chi connectivity index (χ0v) is 7.64. The van der Waals surface area contributed by atoms with Crippen molar-refractivity contribution < 1.29 is 5.21 Å². The normalized spacial score (nSPS) is 20.2. The molecule has 0 spiro atoms. The molecule has 0 aromatic heterocycles. The zero-order valence-electron chi connectivity index (χ0n) is 7.64. The van der Waals surface area contributed by atoms with Crippen LogP contribution in [0, 0.1) is 0 Å². The Kier molecular flexibility index (Phi) is 2.07. The van der Waals surface area contributed by atoms with Crippen LogP contribution in [0.3, 0.4) is 0 Å². The van der Waals surface area contributed by atoms with Gasteiger partial charge in [0.2, 0.25) is 0 Å². The Morgan fingerprint density at radius 3 is 2.92 bits per heavy atom. The first-order chi connectivity index (χ1) is 6.33. The van der Waals surface area contributed by atoms with Crippen LogP contribution in [0.2, 0.25) is 0 Å². The van der Waals surface area contributed by atoms with Crippen molar-refractivity contribution >= 4 is 11.8 Å². The Labute approximate surface area is 78.1 Å². The van der Waals surface area contributed by atoms with Gasteiger partial charge in [-0.15, -0.1) is 0 Å². The van der Waals surface area contributed by atoms with E-state index in [4.69, 9.17) is 0 Å². The Morgan fingerprint density at radius 2 is 2.15 bits per heavy atom. The van der Waals surface area contributed by atoms with E-state index >= 15 is 0 Å². The molecule has 0 saturated carbocycles. The van der Waals surface area contributed by atoms with Crippen molar-refractivity contribution in [3.8, 4) is 0 Å². The number of fused-ring (bicyclic) bond motifs is 1. The van der Waals surface area contributed by atoms with Crippen LogP contribution >= 0.6 is 0 Å². The van der Waals surface area contributed by atoms with Crippen LogP contribution in [0.1, 0.15) is 18.9 Å². The maximum Gasteiger partial charge on any atom is 0.0744 e. The Balaban J connectivity index is 2.42. The van der Waals surface area contributed by atoms with Crippen molar-refractivity contribution in [1.29, 1.82) is 0 Å². The summed E-state index contributed by atoms with van der Waals surface area (Å²) in [5.41, 5.74) is 1.98. The number of para-hydroxylation sites is 1. The van der Waals surface area contributed by atoms with Crippen LogP contribution in [0.4, 0.5) is 5.69 Å². The Morgan fingerprint density at radius 1 is 1.38 bits per heavy atom. The molecule has 2 heteroatoms. The molecular formula is C11H13NO. The largest absolute Gasteiger partial charge is 0.288 e. The average molecular weight is 175 g/mol. The third kappa shape index (κ3) is 1.33. The molecule has 1 unspecified atom stereocenters. The van der Waals surface area contributed by atoms with Crippen LogP contribution in [0.15, 0.2) is 30.3 Å². The lowest BCUT2D eigenvalue weighted by Crippen LogP contribution is -2.32. The smallest absolute Gasteiger partial charge is 0.0744 e. The van der Waals surface area contributed by atoms with Crippen molar-refractivity contribution in [2.45, 2.75) is 19.4 Å². The maximum atomic E-state index is 9.80. The van der Waals surface area contributed by atoms with E-state index in [0.717, 1.165) is 17.7 Å². The van der Waals surface area contributed by atoms with Crippen molar-refractivity contribution in [2.75, 3.05) is 5.06 Å². The summed E-state index contributed by atoms with van der Waals surface area (Å²) in [5, 5.41) is 11.1. The highest BCUT2D eigenvalue weighted by molar-refractivity contribution is 5.70. The lowest BCUT2D eigenvalue weighted by molar-refractivity contribution is 0.229. The number of nitrogens with zero attached hydrogens (tertiary/aromatic N) is 1. The minimum atomic E-state index is 0.120. The predicted molar refractivity (Wildman–Crippen MR) is 53.8 cm³/mol. The molecule has 1 N–H and O–H groups in total. The first-order valence-electron chi connectivity index (χ1n) is 4.58. The quantitative estimate of drug-likeness (QED) is 0.709. The highest BCUT2D eigenvalue weighted by Crippen LogP contribution is 2.27. The van der Waals surface area contributed by atoms with E-state index < -0.39 is 0 Å². The first kappa shape index (κ1) is 8.32. The minimum absolute atomic E-state index is 0.120. The summed E-state index contributed by atoms with van der Waals surface area (Å²) in [6.45, 7) is 2.06. The molecule has 2 nitrogen and oxygen atoms in total. The fourth-order valence-corrected chi connectivity index (χ4v) is 1.62. The third-order valence-corrected chi connectivity index (χ3v) is 2.41. The summed E-state index contributed by atoms with van der Waals surface area (Å²) >= 11 is 0. The topological polar surface area (TPSA) is 23.5 Å². The number of hydrogen-bond acceptors (Lipinski definition) is 2. The van der Waals surface area contributed by atoms with E-state index in [1.54, 1.807) is 0 Å². The van der Waals surface area contributed by atoms with E-state index in [2.05, 4.69) is 13.0 Å². The summed E-state index contributed by atoms with van der Waals surface area (Å²) in [7, 11) is 0. The molecule has 0 amide bonds. The molecule has 0 bridgehead atoms. The molecule has 0 aliphatic carbocycles. The highest BCUT2D eigenvalue weighted by atomic mass is 16.5. The van der Waals surface area contributed by atoms with Crippen molar-refractivity contribution in [3.05, 3.63) is 35.9 Å². The standard InChI is InChI=1S/C11H13NO/c1-2-10-8-7-9-5-3-4-6-11(9)12(10)13/h3-8,10,13H,2H2,1H3. The summed E-state index contributed by atoms with van der Waals surface area (Å²) in [6.07, 6.45) is 5.01. The molecule has 1 atom stereocenters. The first-order valence-corrected chi connectivity index (χ1v) is 4.58. The van der Waals surface area contributed by atoms with Crippen LogP contribution in [0.25, 0.3) is 6.08 Å². The summed E-state index contributed by atoms with van der Waals surface area (Å²) in [5.74, 6) is 0. The number of hydroxylamine groups is 1. The SMILES string of the molecule is CCC1C=Cc2ccccc2N1O. The second kappa shape index (κ2) is 3.23. The molecule has 1 heterocycles. The molecule has 1 aromatic carbocycles. The van der Waals surface area contributed by atoms with E-state index in [-0.39, 0.29) is 6.04 Å². The number of benzene rings is 1. The van der Waals surface area contributed by atoms with E-state index in [1.807, 2.05) is 30.3 Å². The van der Waals surface area contributed by atoms with E-state index in [1.165, 1.54) is 5.06 Å². The molecule has 0 fully saturated rings. The number of anilines is 1. The second-order valence-corrected chi connectivity index (χ2v) is 3.24. The lowest BCUT2D eigenvalue weighted by Gasteiger charge is -2.29. The number of rotatable bonds is 1. The maximum absolute atomic E-state index is 9.80. The molecule has 0 saturated heterocycles. The molecule has 13 heavy (non-hydrogen) atoms. The molecule has 1 aromatic rings. The summed E-state index contributed by atoms with van der Waals surface area (Å²) < 4.78 is 0. The van der Waals surface area contributed by atoms with Gasteiger partial charge in [-0.25, -0.2) is 5.06 Å². The van der Waals surface area contributed by atoms with Gasteiger partial charge in [-0.2, -0.15) is 0 Å². The highest BCUT2D eigenvalue weighted by Gasteiger charge is 2.18. The van der Waals surface area contributed by atoms with Crippen molar-refractivity contribution in [3.63, 3.8) is 0 Å². The molecule has 2 rings (SSSR count). The second-order valence-electron chi connectivity index (χ2n) is 3.24. The van der Waals surface area contributed by atoms with Crippen LogP contribution in [-0.4, -0.2) is 11.2 Å². The Hall–Kier alpha value is -1.28. The van der Waals surface area contributed by atoms with Gasteiger partial charge in [-0.1, -0.05) is 37.3 Å². The monoisotopic (exact) mass is 175 g/mol. The fourth-order valence-electron chi connectivity index (χ4n) is 1.62. The average Bonchev–Trinajstić information content (AvgIpc) is 2.19. The predicted octanol–water partition coefficient (Wildman–Crippen LogP) is 2.69.